The zero-order chi connectivity index (χ0) is 15.8. The molecule has 0 radical (unpaired) electrons. The van der Waals surface area contributed by atoms with Crippen molar-refractivity contribution in [1.29, 1.82) is 0 Å². The van der Waals surface area contributed by atoms with Gasteiger partial charge in [0, 0.05) is 6.42 Å². The number of carbonyl (C=O) groups is 1. The molecule has 2 nitrogen and oxygen atoms in total. The number of Topliss-reactive ketones (excluding diaryl/α,β-unsaturated/α-hetero) is 1. The van der Waals surface area contributed by atoms with E-state index in [1.54, 1.807) is 6.92 Å². The van der Waals surface area contributed by atoms with Crippen molar-refractivity contribution in [1.82, 2.24) is 0 Å². The van der Waals surface area contributed by atoms with E-state index in [4.69, 9.17) is 0 Å². The van der Waals surface area contributed by atoms with E-state index >= 15 is 0 Å². The molecule has 1 atom stereocenters. The van der Waals surface area contributed by atoms with E-state index in [2.05, 4.69) is 6.92 Å². The second-order valence-corrected chi connectivity index (χ2v) is 6.57. The molecular weight excluding hydrogens is 260 g/mol. The van der Waals surface area contributed by atoms with Gasteiger partial charge in [-0.1, -0.05) is 77.6 Å². The van der Waals surface area contributed by atoms with Crippen LogP contribution in [0.2, 0.25) is 0 Å². The molecule has 0 unspecified atom stereocenters. The normalized spacial score (nSPS) is 12.5. The van der Waals surface area contributed by atoms with E-state index in [-0.39, 0.29) is 6.10 Å². The van der Waals surface area contributed by atoms with Gasteiger partial charge in [-0.15, -0.1) is 0 Å². The summed E-state index contributed by atoms with van der Waals surface area (Å²) < 4.78 is 0. The molecule has 0 rings (SSSR count). The van der Waals surface area contributed by atoms with E-state index in [0.29, 0.717) is 5.78 Å². The molecule has 0 aromatic rings. The molecule has 0 aromatic carbocycles. The highest BCUT2D eigenvalue weighted by Gasteiger charge is 2.03. The number of unbranched alkanes of at least 4 members (excludes halogenated alkanes) is 10. The minimum Gasteiger partial charge on any atom is -0.393 e. The lowest BCUT2D eigenvalue weighted by Crippen LogP contribution is -2.05. The molecule has 0 bridgehead atoms. The second kappa shape index (κ2) is 16.0. The maximum atomic E-state index is 10.8. The summed E-state index contributed by atoms with van der Waals surface area (Å²) in [6.07, 6.45) is 17.6. The third-order valence-corrected chi connectivity index (χ3v) is 4.21. The van der Waals surface area contributed by atoms with Gasteiger partial charge in [-0.05, 0) is 26.2 Å². The van der Waals surface area contributed by atoms with E-state index in [0.717, 1.165) is 38.5 Å². The van der Waals surface area contributed by atoms with Crippen molar-refractivity contribution >= 4 is 5.78 Å². The molecule has 0 aliphatic rings. The summed E-state index contributed by atoms with van der Waals surface area (Å²) in [5.74, 6) is 0.306. The molecule has 0 heterocycles. The molecule has 0 aliphatic heterocycles. The molecule has 0 saturated heterocycles. The number of carbonyl (C=O) groups excluding carboxylic acids is 1. The molecule has 2 heteroatoms. The van der Waals surface area contributed by atoms with Crippen LogP contribution in [-0.4, -0.2) is 17.0 Å². The second-order valence-electron chi connectivity index (χ2n) is 6.57. The lowest BCUT2D eigenvalue weighted by Gasteiger charge is -2.10. The fraction of sp³-hybridized carbons (Fsp3) is 0.947. The first kappa shape index (κ1) is 20.6. The maximum Gasteiger partial charge on any atom is 0.129 e. The van der Waals surface area contributed by atoms with Crippen molar-refractivity contribution in [3.05, 3.63) is 0 Å². The summed E-state index contributed by atoms with van der Waals surface area (Å²) in [5, 5.41) is 9.92. The highest BCUT2D eigenvalue weighted by molar-refractivity contribution is 5.75. The molecule has 0 aliphatic carbocycles. The van der Waals surface area contributed by atoms with Gasteiger partial charge in [0.1, 0.15) is 5.78 Å². The smallest absolute Gasteiger partial charge is 0.129 e. The van der Waals surface area contributed by atoms with Crippen LogP contribution in [0.3, 0.4) is 0 Å². The predicted octanol–water partition coefficient (Wildman–Crippen LogP) is 5.81. The number of rotatable bonds is 16. The molecule has 0 amide bonds. The molecule has 0 aromatic heterocycles. The Hall–Kier alpha value is -0.370. The van der Waals surface area contributed by atoms with Gasteiger partial charge in [-0.25, -0.2) is 0 Å². The number of ketones is 1. The van der Waals surface area contributed by atoms with Gasteiger partial charge in [-0.3, -0.25) is 0 Å². The van der Waals surface area contributed by atoms with E-state index in [1.807, 2.05) is 0 Å². The molecule has 21 heavy (non-hydrogen) atoms. The fourth-order valence-electron chi connectivity index (χ4n) is 2.77. The summed E-state index contributed by atoms with van der Waals surface area (Å²) in [6.45, 7) is 3.92. The topological polar surface area (TPSA) is 37.3 Å². The first-order valence-corrected chi connectivity index (χ1v) is 9.34. The summed E-state index contributed by atoms with van der Waals surface area (Å²) in [4.78, 5) is 10.8. The largest absolute Gasteiger partial charge is 0.393 e. The molecule has 0 saturated carbocycles. The highest BCUT2D eigenvalue weighted by atomic mass is 16.3. The van der Waals surface area contributed by atoms with Gasteiger partial charge in [0.05, 0.1) is 6.10 Å². The van der Waals surface area contributed by atoms with Gasteiger partial charge in [0.2, 0.25) is 0 Å². The molecule has 1 N–H and O–H groups in total. The lowest BCUT2D eigenvalue weighted by atomic mass is 10.0. The van der Waals surface area contributed by atoms with Gasteiger partial charge in [0.15, 0.2) is 0 Å². The first-order chi connectivity index (χ1) is 10.2. The van der Waals surface area contributed by atoms with E-state index < -0.39 is 0 Å². The maximum absolute atomic E-state index is 10.8. The third-order valence-electron chi connectivity index (χ3n) is 4.21. The number of hydrogen-bond donors (Lipinski definition) is 1. The summed E-state index contributed by atoms with van der Waals surface area (Å²) in [7, 11) is 0. The Morgan fingerprint density at radius 3 is 1.67 bits per heavy atom. The monoisotopic (exact) mass is 298 g/mol. The predicted molar refractivity (Wildman–Crippen MR) is 91.6 cm³/mol. The third kappa shape index (κ3) is 17.6. The van der Waals surface area contributed by atoms with Crippen LogP contribution in [0.25, 0.3) is 0 Å². The van der Waals surface area contributed by atoms with Crippen LogP contribution in [0, 0.1) is 0 Å². The van der Waals surface area contributed by atoms with Crippen molar-refractivity contribution in [2.24, 2.45) is 0 Å². The summed E-state index contributed by atoms with van der Waals surface area (Å²) in [6, 6.07) is 0. The first-order valence-electron chi connectivity index (χ1n) is 9.34. The van der Waals surface area contributed by atoms with Crippen LogP contribution in [0.15, 0.2) is 0 Å². The van der Waals surface area contributed by atoms with Gasteiger partial charge in [0.25, 0.3) is 0 Å². The van der Waals surface area contributed by atoms with Crippen molar-refractivity contribution < 1.29 is 9.90 Å². The fourth-order valence-corrected chi connectivity index (χ4v) is 2.77. The quantitative estimate of drug-likeness (QED) is 0.365. The number of hydrogen-bond acceptors (Lipinski definition) is 2. The van der Waals surface area contributed by atoms with Crippen molar-refractivity contribution in [3.63, 3.8) is 0 Å². The van der Waals surface area contributed by atoms with Crippen LogP contribution < -0.4 is 0 Å². The Balaban J connectivity index is 3.16. The van der Waals surface area contributed by atoms with Crippen LogP contribution in [0.1, 0.15) is 110 Å². The summed E-state index contributed by atoms with van der Waals surface area (Å²) >= 11 is 0. The molecule has 0 spiro atoms. The number of aliphatic hydroxyl groups excluding tert-OH is 1. The van der Waals surface area contributed by atoms with Crippen LogP contribution in [0.5, 0.6) is 0 Å². The average molecular weight is 299 g/mol. The Bertz CT molecular complexity index is 226. The van der Waals surface area contributed by atoms with Crippen molar-refractivity contribution in [2.75, 3.05) is 0 Å². The van der Waals surface area contributed by atoms with Gasteiger partial charge >= 0.3 is 0 Å². The zero-order valence-electron chi connectivity index (χ0n) is 14.5. The molecule has 126 valence electrons. The minimum absolute atomic E-state index is 0.0853. The van der Waals surface area contributed by atoms with Crippen LogP contribution in [-0.2, 0) is 4.79 Å². The standard InChI is InChI=1S/C19H38O2/c1-3-4-5-6-7-10-13-16-19(21)17-14-11-8-9-12-15-18(2)20/h19,21H,3-17H2,1-2H3/t19-/m1/s1. The summed E-state index contributed by atoms with van der Waals surface area (Å²) in [5.41, 5.74) is 0. The zero-order valence-corrected chi connectivity index (χ0v) is 14.5. The molecule has 0 fully saturated rings. The highest BCUT2D eigenvalue weighted by Crippen LogP contribution is 2.14. The SMILES string of the molecule is CCCCCCCCC[C@@H](O)CCCCCCCC(C)=O. The van der Waals surface area contributed by atoms with Crippen molar-refractivity contribution in [3.8, 4) is 0 Å². The Morgan fingerprint density at radius 1 is 0.762 bits per heavy atom. The van der Waals surface area contributed by atoms with E-state index in [1.165, 1.54) is 57.8 Å². The van der Waals surface area contributed by atoms with Gasteiger partial charge in [-0.2, -0.15) is 0 Å². The lowest BCUT2D eigenvalue weighted by molar-refractivity contribution is -0.117. The average Bonchev–Trinajstić information content (AvgIpc) is 2.45. The van der Waals surface area contributed by atoms with Crippen LogP contribution >= 0.6 is 0 Å². The Labute approximate surface area is 132 Å². The Kier molecular flexibility index (Phi) is 15.7. The van der Waals surface area contributed by atoms with Crippen LogP contribution in [0.4, 0.5) is 0 Å². The minimum atomic E-state index is -0.0853. The van der Waals surface area contributed by atoms with Gasteiger partial charge < -0.3 is 9.90 Å². The van der Waals surface area contributed by atoms with E-state index in [9.17, 15) is 9.90 Å². The Morgan fingerprint density at radius 2 is 1.19 bits per heavy atom. The number of aliphatic hydroxyl groups is 1. The van der Waals surface area contributed by atoms with Crippen molar-refractivity contribution in [2.45, 2.75) is 116 Å². The molecular formula is C19H38O2.